The van der Waals surface area contributed by atoms with E-state index in [1.807, 2.05) is 6.92 Å². The van der Waals surface area contributed by atoms with Gasteiger partial charge in [0.25, 0.3) is 0 Å². The lowest BCUT2D eigenvalue weighted by Gasteiger charge is -2.40. The van der Waals surface area contributed by atoms with E-state index < -0.39 is 51.7 Å². The van der Waals surface area contributed by atoms with Gasteiger partial charge >= 0.3 is 6.09 Å². The van der Waals surface area contributed by atoms with Crippen molar-refractivity contribution in [3.8, 4) is 0 Å². The fraction of sp³-hybridized carbons (Fsp3) is 0.394. The van der Waals surface area contributed by atoms with E-state index in [2.05, 4.69) is 16.0 Å². The summed E-state index contributed by atoms with van der Waals surface area (Å²) in [5.41, 5.74) is 1.32. The van der Waals surface area contributed by atoms with Crippen molar-refractivity contribution in [2.24, 2.45) is 0 Å². The number of methoxy groups -OCH3 is 1. The predicted octanol–water partition coefficient (Wildman–Crippen LogP) is 5.20. The third-order valence-electron chi connectivity index (χ3n) is 8.47. The van der Waals surface area contributed by atoms with Gasteiger partial charge in [-0.05, 0) is 80.1 Å². The quantitative estimate of drug-likeness (QED) is 0.258. The van der Waals surface area contributed by atoms with Crippen LogP contribution in [0.25, 0.3) is 0 Å². The van der Waals surface area contributed by atoms with E-state index in [0.717, 1.165) is 7.11 Å². The second-order valence-corrected chi connectivity index (χ2v) is 14.3. The van der Waals surface area contributed by atoms with E-state index in [1.165, 1.54) is 30.3 Å². The molecule has 1 saturated heterocycles. The van der Waals surface area contributed by atoms with Gasteiger partial charge in [-0.25, -0.2) is 22.0 Å². The van der Waals surface area contributed by atoms with Crippen LogP contribution in [0.3, 0.4) is 0 Å². The number of alkyl carbamates (subject to hydrolysis) is 1. The molecule has 46 heavy (non-hydrogen) atoms. The highest BCUT2D eigenvalue weighted by Crippen LogP contribution is 2.35. The van der Waals surface area contributed by atoms with E-state index in [-0.39, 0.29) is 29.0 Å². The number of hydrogen-bond donors (Lipinski definition) is 3. The van der Waals surface area contributed by atoms with Crippen molar-refractivity contribution in [2.45, 2.75) is 61.9 Å². The molecule has 13 heteroatoms. The molecule has 0 radical (unpaired) electrons. The zero-order valence-electron chi connectivity index (χ0n) is 25.5. The van der Waals surface area contributed by atoms with E-state index >= 15 is 4.39 Å². The monoisotopic (exact) mass is 674 g/mol. The van der Waals surface area contributed by atoms with Crippen LogP contribution in [0.15, 0.2) is 66.7 Å². The molecule has 3 N–H and O–H groups in total. The zero-order chi connectivity index (χ0) is 33.0. The van der Waals surface area contributed by atoms with Crippen molar-refractivity contribution >= 4 is 39.3 Å². The number of sulfonamides is 1. The maximum Gasteiger partial charge on any atom is 0.407 e. The van der Waals surface area contributed by atoms with Crippen LogP contribution in [0, 0.1) is 11.6 Å². The third kappa shape index (κ3) is 7.68. The number of benzene rings is 3. The first kappa shape index (κ1) is 33.8. The van der Waals surface area contributed by atoms with Crippen LogP contribution in [0.2, 0.25) is 5.02 Å². The van der Waals surface area contributed by atoms with Gasteiger partial charge in [0.1, 0.15) is 17.7 Å². The number of hydrogen-bond acceptors (Lipinski definition) is 6. The molecule has 1 aliphatic heterocycles. The highest BCUT2D eigenvalue weighted by Gasteiger charge is 2.45. The molecule has 0 spiro atoms. The standard InChI is InChI=1S/C33H37ClF2N4O5S/c1-20-18-37-19-25(40(20)46(43,44)26-14-15-26)13-16-27-28(36)7-4-8-29(27)38-32(41)31(39-33(42)45-2)30(21-9-11-23(34)12-10-21)22-5-3-6-24(35)17-22/h3-12,17,20,25-26,30-31,37H,13-16,18-19H2,1-2H3,(H,38,41)(H,39,42). The number of ether oxygens (including phenoxy) is 1. The summed E-state index contributed by atoms with van der Waals surface area (Å²) in [6.07, 6.45) is 0.835. The molecule has 1 aliphatic carbocycles. The maximum absolute atomic E-state index is 15.4. The molecule has 1 heterocycles. The zero-order valence-corrected chi connectivity index (χ0v) is 27.1. The van der Waals surface area contributed by atoms with Crippen molar-refractivity contribution in [1.82, 2.24) is 14.9 Å². The molecule has 0 aromatic heterocycles. The predicted molar refractivity (Wildman–Crippen MR) is 172 cm³/mol. The Labute approximate surface area is 272 Å². The van der Waals surface area contributed by atoms with E-state index in [9.17, 15) is 22.4 Å². The molecular formula is C33H37ClF2N4O5S. The van der Waals surface area contributed by atoms with Crippen molar-refractivity contribution in [3.05, 3.63) is 100 Å². The Bertz CT molecular complexity index is 1670. The fourth-order valence-electron chi connectivity index (χ4n) is 6.11. The normalized spacial score (nSPS) is 20.0. The summed E-state index contributed by atoms with van der Waals surface area (Å²) < 4.78 is 62.8. The minimum Gasteiger partial charge on any atom is -0.453 e. The van der Waals surface area contributed by atoms with Crippen LogP contribution in [0.5, 0.6) is 0 Å². The van der Waals surface area contributed by atoms with Crippen molar-refractivity contribution in [3.63, 3.8) is 0 Å². The number of carbonyl (C=O) groups is 2. The first-order chi connectivity index (χ1) is 22.0. The molecule has 246 valence electrons. The van der Waals surface area contributed by atoms with Gasteiger partial charge < -0.3 is 20.7 Å². The lowest BCUT2D eigenvalue weighted by molar-refractivity contribution is -0.118. The smallest absolute Gasteiger partial charge is 0.407 e. The first-order valence-corrected chi connectivity index (χ1v) is 17.0. The maximum atomic E-state index is 15.4. The fourth-order valence-corrected chi connectivity index (χ4v) is 8.48. The Morgan fingerprint density at radius 2 is 1.76 bits per heavy atom. The topological polar surface area (TPSA) is 117 Å². The number of piperazine rings is 1. The molecule has 3 aromatic carbocycles. The Kier molecular flexibility index (Phi) is 10.6. The van der Waals surface area contributed by atoms with Crippen LogP contribution in [0.4, 0.5) is 19.3 Å². The Hall–Kier alpha value is -3.58. The molecule has 4 unspecified atom stereocenters. The Morgan fingerprint density at radius 3 is 2.43 bits per heavy atom. The molecule has 9 nitrogen and oxygen atoms in total. The van der Waals surface area contributed by atoms with Crippen LogP contribution in [-0.4, -0.2) is 68.3 Å². The highest BCUT2D eigenvalue weighted by molar-refractivity contribution is 7.90. The molecule has 0 bridgehead atoms. The van der Waals surface area contributed by atoms with Crippen LogP contribution < -0.4 is 16.0 Å². The number of rotatable bonds is 11. The van der Waals surface area contributed by atoms with E-state index in [0.29, 0.717) is 48.5 Å². The minimum atomic E-state index is -3.48. The number of halogens is 3. The molecule has 2 amide bonds. The van der Waals surface area contributed by atoms with Crippen molar-refractivity contribution in [1.29, 1.82) is 0 Å². The summed E-state index contributed by atoms with van der Waals surface area (Å²) in [7, 11) is -2.33. The van der Waals surface area contributed by atoms with E-state index in [4.69, 9.17) is 16.3 Å². The summed E-state index contributed by atoms with van der Waals surface area (Å²) in [6, 6.07) is 14.6. The highest BCUT2D eigenvalue weighted by atomic mass is 35.5. The van der Waals surface area contributed by atoms with Gasteiger partial charge in [0.15, 0.2) is 0 Å². The summed E-state index contributed by atoms with van der Waals surface area (Å²) in [4.78, 5) is 26.6. The average molecular weight is 675 g/mol. The van der Waals surface area contributed by atoms with Gasteiger partial charge in [-0.15, -0.1) is 0 Å². The largest absolute Gasteiger partial charge is 0.453 e. The number of anilines is 1. The van der Waals surface area contributed by atoms with Gasteiger partial charge in [0.05, 0.1) is 12.4 Å². The van der Waals surface area contributed by atoms with Gasteiger partial charge in [0.2, 0.25) is 15.9 Å². The molecule has 1 saturated carbocycles. The van der Waals surface area contributed by atoms with Gasteiger partial charge in [0, 0.05) is 47.4 Å². The average Bonchev–Trinajstić information content (AvgIpc) is 3.88. The number of nitrogens with zero attached hydrogens (tertiary/aromatic N) is 1. The molecule has 3 aromatic rings. The molecule has 4 atom stereocenters. The van der Waals surface area contributed by atoms with Crippen molar-refractivity contribution in [2.75, 3.05) is 25.5 Å². The SMILES string of the molecule is COC(=O)NC(C(=O)Nc1cccc(F)c1CCC1CNCC(C)N1S(=O)(=O)C1CC1)C(c1ccc(Cl)cc1)c1cccc(F)c1. The van der Waals surface area contributed by atoms with E-state index in [1.54, 1.807) is 40.7 Å². The second-order valence-electron chi connectivity index (χ2n) is 11.7. The molecule has 2 aliphatic rings. The van der Waals surface area contributed by atoms with Gasteiger partial charge in [-0.1, -0.05) is 41.9 Å². The number of carbonyl (C=O) groups excluding carboxylic acids is 2. The Balaban J connectivity index is 1.45. The van der Waals surface area contributed by atoms with Crippen LogP contribution in [0.1, 0.15) is 48.8 Å². The summed E-state index contributed by atoms with van der Waals surface area (Å²) in [5.74, 6) is -2.69. The summed E-state index contributed by atoms with van der Waals surface area (Å²) in [5, 5.41) is 8.70. The van der Waals surface area contributed by atoms with Crippen molar-refractivity contribution < 1.29 is 31.5 Å². The number of amides is 2. The summed E-state index contributed by atoms with van der Waals surface area (Å²) >= 11 is 6.12. The van der Waals surface area contributed by atoms with Gasteiger partial charge in [-0.2, -0.15) is 4.31 Å². The first-order valence-electron chi connectivity index (χ1n) is 15.2. The minimum absolute atomic E-state index is 0.137. The number of nitrogens with one attached hydrogen (secondary N) is 3. The molecular weight excluding hydrogens is 638 g/mol. The lowest BCUT2D eigenvalue weighted by Crippen LogP contribution is -2.59. The van der Waals surface area contributed by atoms with Crippen LogP contribution in [-0.2, 0) is 26.0 Å². The third-order valence-corrected chi connectivity index (χ3v) is 11.3. The molecule has 2 fully saturated rings. The summed E-state index contributed by atoms with van der Waals surface area (Å²) in [6.45, 7) is 2.81. The Morgan fingerprint density at radius 1 is 1.04 bits per heavy atom. The molecule has 5 rings (SSSR count). The lowest BCUT2D eigenvalue weighted by atomic mass is 9.84. The van der Waals surface area contributed by atoms with Gasteiger partial charge in [-0.3, -0.25) is 4.79 Å². The van der Waals surface area contributed by atoms with Crippen LogP contribution >= 0.6 is 11.6 Å². The second kappa shape index (κ2) is 14.5.